The Morgan fingerprint density at radius 3 is 2.86 bits per heavy atom. The first kappa shape index (κ1) is 12.4. The maximum Gasteiger partial charge on any atom is 0.0457 e. The number of rotatable bonds is 5. The third-order valence-corrected chi connectivity index (χ3v) is 3.70. The third-order valence-electron chi connectivity index (χ3n) is 1.77. The van der Waals surface area contributed by atoms with Gasteiger partial charge in [0.15, 0.2) is 0 Å². The van der Waals surface area contributed by atoms with Crippen LogP contribution >= 0.6 is 39.3 Å². The largest absolute Gasteiger partial charge is 0.330 e. The Balaban J connectivity index is 2.42. The van der Waals surface area contributed by atoms with E-state index in [0.717, 1.165) is 34.0 Å². The van der Waals surface area contributed by atoms with Crippen molar-refractivity contribution in [2.75, 3.05) is 12.3 Å². The summed E-state index contributed by atoms with van der Waals surface area (Å²) in [5, 5.41) is 0.833. The van der Waals surface area contributed by atoms with E-state index in [0.29, 0.717) is 0 Å². The van der Waals surface area contributed by atoms with Crippen molar-refractivity contribution in [1.29, 1.82) is 0 Å². The maximum atomic E-state index is 6.07. The Morgan fingerprint density at radius 1 is 1.43 bits per heavy atom. The molecule has 0 bridgehead atoms. The Hall–Kier alpha value is 0.300. The van der Waals surface area contributed by atoms with Crippen LogP contribution in [-0.2, 0) is 5.75 Å². The second-order valence-corrected chi connectivity index (χ2v) is 5.36. The average molecular weight is 295 g/mol. The minimum absolute atomic E-state index is 0.765. The Kier molecular flexibility index (Phi) is 5.94. The first-order valence-electron chi connectivity index (χ1n) is 4.46. The smallest absolute Gasteiger partial charge is 0.0457 e. The van der Waals surface area contributed by atoms with Gasteiger partial charge in [-0.1, -0.05) is 33.6 Å². The van der Waals surface area contributed by atoms with Crippen molar-refractivity contribution in [3.05, 3.63) is 33.3 Å². The van der Waals surface area contributed by atoms with Gasteiger partial charge in [-0.15, -0.1) is 0 Å². The summed E-state index contributed by atoms with van der Waals surface area (Å²) in [6, 6.07) is 6.01. The topological polar surface area (TPSA) is 26.0 Å². The van der Waals surface area contributed by atoms with E-state index < -0.39 is 0 Å². The lowest BCUT2D eigenvalue weighted by atomic mass is 10.2. The minimum Gasteiger partial charge on any atom is -0.330 e. The zero-order chi connectivity index (χ0) is 10.4. The van der Waals surface area contributed by atoms with Crippen molar-refractivity contribution >= 4 is 39.3 Å². The fourth-order valence-electron chi connectivity index (χ4n) is 1.01. The molecular formula is C10H13BrClNS. The second kappa shape index (κ2) is 6.72. The number of halogens is 2. The minimum atomic E-state index is 0.765. The molecule has 1 aromatic carbocycles. The molecule has 1 nitrogen and oxygen atoms in total. The Bertz CT molecular complexity index is 293. The Morgan fingerprint density at radius 2 is 2.21 bits per heavy atom. The summed E-state index contributed by atoms with van der Waals surface area (Å²) < 4.78 is 1.03. The number of thioether (sulfide) groups is 1. The number of benzene rings is 1. The summed E-state index contributed by atoms with van der Waals surface area (Å²) in [7, 11) is 0. The van der Waals surface area contributed by atoms with Crippen molar-refractivity contribution in [2.45, 2.75) is 12.2 Å². The van der Waals surface area contributed by atoms with Crippen LogP contribution in [-0.4, -0.2) is 12.3 Å². The lowest BCUT2D eigenvalue weighted by molar-refractivity contribution is 0.943. The van der Waals surface area contributed by atoms with E-state index in [9.17, 15) is 0 Å². The molecule has 0 heterocycles. The normalized spacial score (nSPS) is 10.5. The molecule has 0 spiro atoms. The van der Waals surface area contributed by atoms with Gasteiger partial charge in [-0.05, 0) is 36.4 Å². The molecule has 2 N–H and O–H groups in total. The molecular weight excluding hydrogens is 282 g/mol. The van der Waals surface area contributed by atoms with Crippen molar-refractivity contribution in [1.82, 2.24) is 0 Å². The summed E-state index contributed by atoms with van der Waals surface area (Å²) in [5.41, 5.74) is 6.60. The maximum absolute atomic E-state index is 6.07. The van der Waals surface area contributed by atoms with E-state index in [2.05, 4.69) is 22.0 Å². The zero-order valence-corrected chi connectivity index (χ0v) is 11.0. The molecule has 4 heteroatoms. The zero-order valence-electron chi connectivity index (χ0n) is 7.80. The number of hydrogen-bond acceptors (Lipinski definition) is 2. The summed E-state index contributed by atoms with van der Waals surface area (Å²) in [6.07, 6.45) is 1.07. The van der Waals surface area contributed by atoms with Crippen LogP contribution in [0.4, 0.5) is 0 Å². The molecule has 78 valence electrons. The van der Waals surface area contributed by atoms with Crippen LogP contribution in [0.25, 0.3) is 0 Å². The van der Waals surface area contributed by atoms with E-state index in [1.807, 2.05) is 23.9 Å². The lowest BCUT2D eigenvalue weighted by Crippen LogP contribution is -1.99. The molecule has 0 aliphatic heterocycles. The molecule has 14 heavy (non-hydrogen) atoms. The SMILES string of the molecule is NCCCSCc1ccc(Br)cc1Cl. The first-order valence-corrected chi connectivity index (χ1v) is 6.78. The summed E-state index contributed by atoms with van der Waals surface area (Å²) in [5.74, 6) is 2.06. The predicted octanol–water partition coefficient (Wildman–Crippen LogP) is 3.68. The summed E-state index contributed by atoms with van der Waals surface area (Å²) in [6.45, 7) is 0.765. The molecule has 0 radical (unpaired) electrons. The van der Waals surface area contributed by atoms with Crippen LogP contribution in [0.15, 0.2) is 22.7 Å². The molecule has 0 aliphatic carbocycles. The highest BCUT2D eigenvalue weighted by atomic mass is 79.9. The monoisotopic (exact) mass is 293 g/mol. The van der Waals surface area contributed by atoms with Crippen molar-refractivity contribution in [2.24, 2.45) is 5.73 Å². The van der Waals surface area contributed by atoms with Crippen LogP contribution in [0.2, 0.25) is 5.02 Å². The van der Waals surface area contributed by atoms with E-state index >= 15 is 0 Å². The summed E-state index contributed by atoms with van der Waals surface area (Å²) in [4.78, 5) is 0. The van der Waals surface area contributed by atoms with Crippen molar-refractivity contribution in [3.8, 4) is 0 Å². The van der Waals surface area contributed by atoms with Crippen molar-refractivity contribution < 1.29 is 0 Å². The second-order valence-electron chi connectivity index (χ2n) is 2.93. The van der Waals surface area contributed by atoms with Crippen LogP contribution in [0.3, 0.4) is 0 Å². The molecule has 0 atom stereocenters. The molecule has 0 fully saturated rings. The van der Waals surface area contributed by atoms with E-state index in [1.54, 1.807) is 0 Å². The molecule has 1 aromatic rings. The molecule has 0 saturated carbocycles. The molecule has 1 rings (SSSR count). The average Bonchev–Trinajstić information content (AvgIpc) is 2.15. The predicted molar refractivity (Wildman–Crippen MR) is 69.0 cm³/mol. The quantitative estimate of drug-likeness (QED) is 0.838. The fraction of sp³-hybridized carbons (Fsp3) is 0.400. The van der Waals surface area contributed by atoms with Gasteiger partial charge in [0, 0.05) is 15.2 Å². The first-order chi connectivity index (χ1) is 6.74. The molecule has 0 aromatic heterocycles. The van der Waals surface area contributed by atoms with Crippen LogP contribution in [0.1, 0.15) is 12.0 Å². The van der Waals surface area contributed by atoms with Gasteiger partial charge in [0.05, 0.1) is 0 Å². The molecule has 0 amide bonds. The Labute approximate surface area is 103 Å². The van der Waals surface area contributed by atoms with Gasteiger partial charge < -0.3 is 5.73 Å². The number of hydrogen-bond donors (Lipinski definition) is 1. The van der Waals surface area contributed by atoms with Gasteiger partial charge >= 0.3 is 0 Å². The van der Waals surface area contributed by atoms with Gasteiger partial charge in [-0.3, -0.25) is 0 Å². The van der Waals surface area contributed by atoms with Gasteiger partial charge in [-0.25, -0.2) is 0 Å². The highest BCUT2D eigenvalue weighted by molar-refractivity contribution is 9.10. The van der Waals surface area contributed by atoms with Crippen LogP contribution < -0.4 is 5.73 Å². The van der Waals surface area contributed by atoms with Crippen molar-refractivity contribution in [3.63, 3.8) is 0 Å². The van der Waals surface area contributed by atoms with Crippen LogP contribution in [0, 0.1) is 0 Å². The molecule has 0 unspecified atom stereocenters. The van der Waals surface area contributed by atoms with Gasteiger partial charge in [0.1, 0.15) is 0 Å². The highest BCUT2D eigenvalue weighted by Gasteiger charge is 2.00. The number of nitrogens with two attached hydrogens (primary N) is 1. The van der Waals surface area contributed by atoms with Gasteiger partial charge in [0.25, 0.3) is 0 Å². The fourth-order valence-corrected chi connectivity index (χ4v) is 2.81. The third kappa shape index (κ3) is 4.22. The van der Waals surface area contributed by atoms with Gasteiger partial charge in [0.2, 0.25) is 0 Å². The lowest BCUT2D eigenvalue weighted by Gasteiger charge is -2.04. The van der Waals surface area contributed by atoms with Crippen LogP contribution in [0.5, 0.6) is 0 Å². The molecule has 0 aliphatic rings. The van der Waals surface area contributed by atoms with Gasteiger partial charge in [-0.2, -0.15) is 11.8 Å². The molecule has 0 saturated heterocycles. The standard InChI is InChI=1S/C10H13BrClNS/c11-9-3-2-8(10(12)6-9)7-14-5-1-4-13/h2-3,6H,1,4-5,7,13H2. The van der Waals surface area contributed by atoms with E-state index in [-0.39, 0.29) is 0 Å². The van der Waals surface area contributed by atoms with E-state index in [1.165, 1.54) is 5.56 Å². The van der Waals surface area contributed by atoms with E-state index in [4.69, 9.17) is 17.3 Å². The summed E-state index contributed by atoms with van der Waals surface area (Å²) >= 11 is 11.3. The highest BCUT2D eigenvalue weighted by Crippen LogP contribution is 2.24.